The highest BCUT2D eigenvalue weighted by molar-refractivity contribution is 7.88. The van der Waals surface area contributed by atoms with E-state index in [0.29, 0.717) is 11.4 Å². The van der Waals surface area contributed by atoms with Gasteiger partial charge in [0.25, 0.3) is 5.91 Å². The number of halogens is 1. The fourth-order valence-corrected chi connectivity index (χ4v) is 4.49. The van der Waals surface area contributed by atoms with Crippen molar-refractivity contribution in [1.82, 2.24) is 34.1 Å². The molecule has 0 bridgehead atoms. The van der Waals surface area contributed by atoms with Crippen molar-refractivity contribution >= 4 is 33.4 Å². The summed E-state index contributed by atoms with van der Waals surface area (Å²) in [6, 6.07) is 2.73. The van der Waals surface area contributed by atoms with Crippen LogP contribution in [0, 0.1) is 12.7 Å². The summed E-state index contributed by atoms with van der Waals surface area (Å²) >= 11 is 0. The molecule has 15 heteroatoms. The molecule has 3 N–H and O–H groups in total. The second-order valence-corrected chi connectivity index (χ2v) is 9.96. The van der Waals surface area contributed by atoms with Gasteiger partial charge >= 0.3 is 0 Å². The van der Waals surface area contributed by atoms with Gasteiger partial charge in [-0.1, -0.05) is 0 Å². The minimum absolute atomic E-state index is 0.0192. The Morgan fingerprint density at radius 3 is 2.44 bits per heavy atom. The molecule has 36 heavy (non-hydrogen) atoms. The molecule has 0 radical (unpaired) electrons. The predicted molar refractivity (Wildman–Crippen MR) is 129 cm³/mol. The lowest BCUT2D eigenvalue weighted by atomic mass is 10.1. The maximum Gasteiger partial charge on any atom is 0.255 e. The van der Waals surface area contributed by atoms with E-state index in [9.17, 15) is 17.6 Å². The fraction of sp³-hybridized carbons (Fsp3) is 0.333. The summed E-state index contributed by atoms with van der Waals surface area (Å²) in [6.45, 7) is 2.50. The van der Waals surface area contributed by atoms with E-state index < -0.39 is 15.8 Å². The first-order chi connectivity index (χ1) is 17.0. The molecular weight excluding hydrogens is 493 g/mol. The van der Waals surface area contributed by atoms with Gasteiger partial charge in [-0.25, -0.2) is 27.8 Å². The van der Waals surface area contributed by atoms with E-state index in [1.807, 2.05) is 0 Å². The molecule has 3 aromatic heterocycles. The molecular formula is C21H24FN9O4S. The summed E-state index contributed by atoms with van der Waals surface area (Å²) in [6.07, 6.45) is 3.86. The van der Waals surface area contributed by atoms with Crippen LogP contribution >= 0.6 is 0 Å². The van der Waals surface area contributed by atoms with Gasteiger partial charge in [0, 0.05) is 38.4 Å². The SMILES string of the molecule is COc1ncc(Nc2ncc(C(=O)N3CCN(S(C)(=O)=O)CC3)cc2-c2nc(C)nc(N)n2)cc1F. The van der Waals surface area contributed by atoms with Crippen molar-refractivity contribution in [2.75, 3.05) is 50.6 Å². The minimum Gasteiger partial charge on any atom is -0.479 e. The molecule has 1 aliphatic heterocycles. The Morgan fingerprint density at radius 1 is 1.11 bits per heavy atom. The second kappa shape index (κ2) is 9.94. The zero-order chi connectivity index (χ0) is 26.0. The van der Waals surface area contributed by atoms with Gasteiger partial charge in [-0.2, -0.15) is 14.3 Å². The summed E-state index contributed by atoms with van der Waals surface area (Å²) < 4.78 is 43.9. The van der Waals surface area contributed by atoms with Crippen molar-refractivity contribution in [2.45, 2.75) is 6.92 Å². The molecule has 0 unspecified atom stereocenters. The van der Waals surface area contributed by atoms with E-state index >= 15 is 0 Å². The maximum absolute atomic E-state index is 14.2. The number of carbonyl (C=O) groups excluding carboxylic acids is 1. The van der Waals surface area contributed by atoms with Crippen LogP contribution < -0.4 is 15.8 Å². The Labute approximate surface area is 206 Å². The molecule has 1 amide bonds. The summed E-state index contributed by atoms with van der Waals surface area (Å²) in [4.78, 5) is 35.5. The van der Waals surface area contributed by atoms with Crippen LogP contribution in [-0.2, 0) is 10.0 Å². The Kier molecular flexibility index (Phi) is 6.94. The Bertz CT molecular complexity index is 1390. The standard InChI is InChI=1S/C21H24FN9O4S/c1-12-26-18(29-21(23)27-12)15-8-13(20(32)30-4-6-31(7-5-30)36(3,33)34)10-24-17(15)28-14-9-16(22)19(35-2)25-11-14/h8-11H,4-7H2,1-3H3,(H,24,28)(H2,23,26,27,29). The maximum atomic E-state index is 14.2. The number of anilines is 3. The molecule has 4 rings (SSSR count). The number of aryl methyl sites for hydroxylation is 1. The molecule has 0 atom stereocenters. The first kappa shape index (κ1) is 25.1. The number of methoxy groups -OCH3 is 1. The number of aromatic nitrogens is 5. The number of ether oxygens (including phenoxy) is 1. The second-order valence-electron chi connectivity index (χ2n) is 7.98. The summed E-state index contributed by atoms with van der Waals surface area (Å²) in [5.41, 5.74) is 6.64. The Hall–Kier alpha value is -3.98. The van der Waals surface area contributed by atoms with E-state index in [-0.39, 0.29) is 66.8 Å². The van der Waals surface area contributed by atoms with E-state index in [2.05, 4.69) is 30.2 Å². The summed E-state index contributed by atoms with van der Waals surface area (Å²) in [5, 5.41) is 2.96. The molecule has 0 aliphatic carbocycles. The molecule has 1 fully saturated rings. The predicted octanol–water partition coefficient (Wildman–Crippen LogP) is 0.828. The topological polar surface area (TPSA) is 169 Å². The largest absolute Gasteiger partial charge is 0.479 e. The molecule has 0 aromatic carbocycles. The number of piperazine rings is 1. The van der Waals surface area contributed by atoms with Crippen molar-refractivity contribution in [1.29, 1.82) is 0 Å². The lowest BCUT2D eigenvalue weighted by molar-refractivity contribution is 0.0698. The number of carbonyl (C=O) groups is 1. The number of nitrogens with zero attached hydrogens (tertiary/aromatic N) is 7. The number of nitrogens with two attached hydrogens (primary N) is 1. The summed E-state index contributed by atoms with van der Waals surface area (Å²) in [7, 11) is -2.02. The number of nitrogens with one attached hydrogen (secondary N) is 1. The zero-order valence-electron chi connectivity index (χ0n) is 19.8. The lowest BCUT2D eigenvalue weighted by Crippen LogP contribution is -2.50. The molecule has 0 saturated carbocycles. The minimum atomic E-state index is -3.33. The normalized spacial score (nSPS) is 14.5. The van der Waals surface area contributed by atoms with Crippen molar-refractivity contribution in [3.8, 4) is 17.3 Å². The average molecular weight is 518 g/mol. The first-order valence-electron chi connectivity index (χ1n) is 10.7. The number of nitrogen functional groups attached to an aromatic ring is 1. The van der Waals surface area contributed by atoms with Crippen LogP contribution in [0.3, 0.4) is 0 Å². The summed E-state index contributed by atoms with van der Waals surface area (Å²) in [5.74, 6) is -0.447. The highest BCUT2D eigenvalue weighted by atomic mass is 32.2. The van der Waals surface area contributed by atoms with E-state index in [1.54, 1.807) is 17.9 Å². The quantitative estimate of drug-likeness (QED) is 0.475. The Balaban J connectivity index is 1.68. The van der Waals surface area contributed by atoms with Crippen molar-refractivity contribution in [2.24, 2.45) is 0 Å². The lowest BCUT2D eigenvalue weighted by Gasteiger charge is -2.33. The molecule has 1 aliphatic rings. The highest BCUT2D eigenvalue weighted by Gasteiger charge is 2.27. The fourth-order valence-electron chi connectivity index (χ4n) is 3.66. The third-order valence-corrected chi connectivity index (χ3v) is 6.70. The van der Waals surface area contributed by atoms with Gasteiger partial charge in [0.2, 0.25) is 21.9 Å². The van der Waals surface area contributed by atoms with E-state index in [1.165, 1.54) is 29.9 Å². The van der Waals surface area contributed by atoms with Crippen molar-refractivity contribution < 1.29 is 22.3 Å². The smallest absolute Gasteiger partial charge is 0.255 e. The van der Waals surface area contributed by atoms with Gasteiger partial charge in [-0.3, -0.25) is 4.79 Å². The van der Waals surface area contributed by atoms with Crippen LogP contribution in [0.15, 0.2) is 24.5 Å². The van der Waals surface area contributed by atoms with Crippen molar-refractivity contribution in [3.63, 3.8) is 0 Å². The van der Waals surface area contributed by atoms with Gasteiger partial charge in [0.15, 0.2) is 11.6 Å². The number of amides is 1. The highest BCUT2D eigenvalue weighted by Crippen LogP contribution is 2.29. The first-order valence-corrected chi connectivity index (χ1v) is 12.6. The average Bonchev–Trinajstić information content (AvgIpc) is 2.83. The third kappa shape index (κ3) is 5.46. The molecule has 13 nitrogen and oxygen atoms in total. The number of rotatable bonds is 6. The number of hydrogen-bond acceptors (Lipinski definition) is 11. The molecule has 3 aromatic rings. The molecule has 190 valence electrons. The van der Waals surface area contributed by atoms with Gasteiger partial charge < -0.3 is 20.7 Å². The van der Waals surface area contributed by atoms with Crippen LogP contribution in [0.1, 0.15) is 16.2 Å². The zero-order valence-corrected chi connectivity index (χ0v) is 20.6. The molecule has 4 heterocycles. The van der Waals surface area contributed by atoms with Crippen LogP contribution in [0.25, 0.3) is 11.4 Å². The Morgan fingerprint density at radius 2 is 1.83 bits per heavy atom. The number of hydrogen-bond donors (Lipinski definition) is 2. The monoisotopic (exact) mass is 517 g/mol. The van der Waals surface area contributed by atoms with Crippen molar-refractivity contribution in [3.05, 3.63) is 41.7 Å². The van der Waals surface area contributed by atoms with E-state index in [0.717, 1.165) is 6.26 Å². The van der Waals surface area contributed by atoms with Gasteiger partial charge in [-0.05, 0) is 13.0 Å². The number of pyridine rings is 2. The van der Waals surface area contributed by atoms with Crippen LogP contribution in [0.4, 0.5) is 21.8 Å². The molecule has 1 saturated heterocycles. The van der Waals surface area contributed by atoms with Crippen LogP contribution in [0.5, 0.6) is 5.88 Å². The number of sulfonamides is 1. The van der Waals surface area contributed by atoms with Gasteiger partial charge in [0.1, 0.15) is 11.6 Å². The molecule has 0 spiro atoms. The van der Waals surface area contributed by atoms with Gasteiger partial charge in [-0.15, -0.1) is 0 Å². The third-order valence-electron chi connectivity index (χ3n) is 5.40. The van der Waals surface area contributed by atoms with Crippen LogP contribution in [0.2, 0.25) is 0 Å². The van der Waals surface area contributed by atoms with Gasteiger partial charge in [0.05, 0.1) is 36.4 Å². The van der Waals surface area contributed by atoms with E-state index in [4.69, 9.17) is 10.5 Å². The van der Waals surface area contributed by atoms with Crippen LogP contribution in [-0.4, -0.2) is 88.0 Å².